The van der Waals surface area contributed by atoms with E-state index in [2.05, 4.69) is 10.3 Å². The highest BCUT2D eigenvalue weighted by molar-refractivity contribution is 5.77. The highest BCUT2D eigenvalue weighted by Crippen LogP contribution is 2.24. The topological polar surface area (TPSA) is 83.9 Å². The van der Waals surface area contributed by atoms with Crippen molar-refractivity contribution in [2.45, 2.75) is 0 Å². The summed E-state index contributed by atoms with van der Waals surface area (Å²) in [6.45, 7) is 0.355. The van der Waals surface area contributed by atoms with Crippen LogP contribution in [0, 0.1) is 10.1 Å². The van der Waals surface area contributed by atoms with Crippen LogP contribution in [0.4, 0.5) is 17.1 Å². The van der Waals surface area contributed by atoms with E-state index < -0.39 is 4.92 Å². The van der Waals surface area contributed by atoms with Gasteiger partial charge in [0.15, 0.2) is 0 Å². The Morgan fingerprint density at radius 1 is 1.08 bits per heavy atom. The average Bonchev–Trinajstić information content (AvgIpc) is 3.12. The molecule has 2 heterocycles. The molecule has 1 aromatic heterocycles. The fraction of sp³-hybridized carbons (Fsp3) is 0.0556. The minimum absolute atomic E-state index is 0.0549. The standard InChI is InChI=1S/C18H14N4O3/c23-22(24)15-8-6-14(7-9-15)21-12-19-18-16(10-11-25-18)17(21)20-13-4-2-1-3-5-13/h1-11,20H,12H2. The van der Waals surface area contributed by atoms with Crippen LogP contribution in [0.25, 0.3) is 5.82 Å². The second-order valence-corrected chi connectivity index (χ2v) is 5.48. The Morgan fingerprint density at radius 3 is 2.56 bits per heavy atom. The minimum Gasteiger partial charge on any atom is -0.446 e. The fourth-order valence-corrected chi connectivity index (χ4v) is 2.71. The van der Waals surface area contributed by atoms with Crippen LogP contribution in [-0.2, 0) is 0 Å². The van der Waals surface area contributed by atoms with Crippen LogP contribution in [0.3, 0.4) is 0 Å². The average molecular weight is 334 g/mol. The summed E-state index contributed by atoms with van der Waals surface area (Å²) < 4.78 is 5.42. The first-order chi connectivity index (χ1) is 12.2. The van der Waals surface area contributed by atoms with Crippen LogP contribution in [0.1, 0.15) is 0 Å². The third kappa shape index (κ3) is 2.83. The van der Waals surface area contributed by atoms with Crippen molar-refractivity contribution < 1.29 is 9.34 Å². The predicted molar refractivity (Wildman–Crippen MR) is 93.4 cm³/mol. The zero-order valence-electron chi connectivity index (χ0n) is 13.1. The summed E-state index contributed by atoms with van der Waals surface area (Å²) in [7, 11) is 0. The van der Waals surface area contributed by atoms with Crippen molar-refractivity contribution in [3.8, 4) is 0 Å². The van der Waals surface area contributed by atoms with E-state index in [0.29, 0.717) is 12.2 Å². The molecule has 124 valence electrons. The lowest BCUT2D eigenvalue weighted by atomic mass is 10.2. The lowest BCUT2D eigenvalue weighted by molar-refractivity contribution is -0.384. The van der Waals surface area contributed by atoms with Gasteiger partial charge in [0.1, 0.15) is 12.5 Å². The maximum atomic E-state index is 10.9. The second-order valence-electron chi connectivity index (χ2n) is 5.48. The van der Waals surface area contributed by atoms with Gasteiger partial charge in [0, 0.05) is 23.5 Å². The minimum atomic E-state index is -0.411. The number of nitro benzene ring substituents is 1. The number of anilines is 2. The molecule has 3 aromatic rings. The maximum absolute atomic E-state index is 10.9. The molecule has 7 nitrogen and oxygen atoms in total. The molecule has 0 saturated carbocycles. The molecule has 0 spiro atoms. The number of rotatable bonds is 4. The van der Waals surface area contributed by atoms with Crippen molar-refractivity contribution >= 4 is 22.9 Å². The lowest BCUT2D eigenvalue weighted by Gasteiger charge is -2.28. The van der Waals surface area contributed by atoms with Crippen molar-refractivity contribution in [3.05, 3.63) is 87.8 Å². The zero-order chi connectivity index (χ0) is 17.2. The fourth-order valence-electron chi connectivity index (χ4n) is 2.71. The first-order valence-corrected chi connectivity index (χ1v) is 7.69. The van der Waals surface area contributed by atoms with Crippen LogP contribution < -0.4 is 21.0 Å². The summed E-state index contributed by atoms with van der Waals surface area (Å²) in [5.41, 5.74) is 2.36. The number of benzene rings is 2. The van der Waals surface area contributed by atoms with E-state index in [1.165, 1.54) is 12.1 Å². The number of para-hydroxylation sites is 1. The van der Waals surface area contributed by atoms with Crippen molar-refractivity contribution in [2.24, 2.45) is 4.99 Å². The molecule has 0 unspecified atom stereocenters. The smallest absolute Gasteiger partial charge is 0.269 e. The molecule has 0 fully saturated rings. The van der Waals surface area contributed by atoms with Crippen LogP contribution in [0.2, 0.25) is 0 Å². The van der Waals surface area contributed by atoms with Gasteiger partial charge in [-0.25, -0.2) is 4.99 Å². The molecule has 0 saturated heterocycles. The first-order valence-electron chi connectivity index (χ1n) is 7.69. The van der Waals surface area contributed by atoms with E-state index in [1.807, 2.05) is 41.3 Å². The molecular weight excluding hydrogens is 320 g/mol. The third-order valence-electron chi connectivity index (χ3n) is 3.93. The summed E-state index contributed by atoms with van der Waals surface area (Å²) in [6, 6.07) is 18.0. The van der Waals surface area contributed by atoms with Crippen molar-refractivity contribution in [2.75, 3.05) is 16.9 Å². The highest BCUT2D eigenvalue weighted by atomic mass is 16.6. The predicted octanol–water partition coefficient (Wildman–Crippen LogP) is 2.46. The van der Waals surface area contributed by atoms with Gasteiger partial charge in [0.05, 0.1) is 16.4 Å². The van der Waals surface area contributed by atoms with E-state index in [1.54, 1.807) is 18.4 Å². The summed E-state index contributed by atoms with van der Waals surface area (Å²) in [5, 5.41) is 15.1. The van der Waals surface area contributed by atoms with Gasteiger partial charge in [-0.05, 0) is 30.3 Å². The Morgan fingerprint density at radius 2 is 1.84 bits per heavy atom. The zero-order valence-corrected chi connectivity index (χ0v) is 13.1. The van der Waals surface area contributed by atoms with Crippen LogP contribution >= 0.6 is 0 Å². The van der Waals surface area contributed by atoms with Gasteiger partial charge in [-0.15, -0.1) is 0 Å². The number of fused-ring (bicyclic) bond motifs is 1. The summed E-state index contributed by atoms with van der Waals surface area (Å²) in [5.74, 6) is 0.818. The van der Waals surface area contributed by atoms with E-state index in [0.717, 1.165) is 22.4 Å². The van der Waals surface area contributed by atoms with Gasteiger partial charge in [-0.3, -0.25) is 10.1 Å². The Kier molecular flexibility index (Phi) is 3.66. The van der Waals surface area contributed by atoms with E-state index >= 15 is 0 Å². The summed E-state index contributed by atoms with van der Waals surface area (Å²) in [4.78, 5) is 16.8. The second kappa shape index (κ2) is 6.12. The third-order valence-corrected chi connectivity index (χ3v) is 3.93. The van der Waals surface area contributed by atoms with Crippen molar-refractivity contribution in [1.29, 1.82) is 0 Å². The number of nitro groups is 1. The molecule has 2 aromatic carbocycles. The van der Waals surface area contributed by atoms with Crippen LogP contribution in [0.5, 0.6) is 0 Å². The van der Waals surface area contributed by atoms with E-state index in [-0.39, 0.29) is 5.69 Å². The molecule has 4 rings (SSSR count). The Balaban J connectivity index is 1.78. The van der Waals surface area contributed by atoms with E-state index in [4.69, 9.17) is 4.42 Å². The van der Waals surface area contributed by atoms with Gasteiger partial charge in [0.25, 0.3) is 5.69 Å². The quantitative estimate of drug-likeness (QED) is 0.585. The van der Waals surface area contributed by atoms with Gasteiger partial charge in [-0.1, -0.05) is 18.2 Å². The maximum Gasteiger partial charge on any atom is 0.269 e. The number of nitrogens with zero attached hydrogens (tertiary/aromatic N) is 3. The molecule has 25 heavy (non-hydrogen) atoms. The molecule has 1 N–H and O–H groups in total. The number of non-ortho nitro benzene ring substituents is 1. The molecule has 1 aliphatic heterocycles. The van der Waals surface area contributed by atoms with Crippen LogP contribution in [-0.4, -0.2) is 11.6 Å². The van der Waals surface area contributed by atoms with Gasteiger partial charge >= 0.3 is 0 Å². The van der Waals surface area contributed by atoms with Crippen LogP contribution in [0.15, 0.2) is 76.3 Å². The molecule has 0 amide bonds. The van der Waals surface area contributed by atoms with Crippen molar-refractivity contribution in [3.63, 3.8) is 0 Å². The van der Waals surface area contributed by atoms with Gasteiger partial charge < -0.3 is 14.6 Å². The first kappa shape index (κ1) is 14.9. The Labute approximate surface area is 142 Å². The Hall–Kier alpha value is -3.61. The highest BCUT2D eigenvalue weighted by Gasteiger charge is 2.19. The van der Waals surface area contributed by atoms with E-state index in [9.17, 15) is 10.1 Å². The number of furan rings is 1. The molecule has 1 aliphatic rings. The number of hydrogen-bond acceptors (Lipinski definition) is 6. The lowest BCUT2D eigenvalue weighted by Crippen LogP contribution is -2.41. The SMILES string of the molecule is O=[N+]([O-])c1ccc(N2CN=c3occc3=C2Nc2ccccc2)cc1. The Bertz CT molecular complexity index is 1030. The molecule has 0 aliphatic carbocycles. The molecular formula is C18H14N4O3. The van der Waals surface area contributed by atoms with Gasteiger partial charge in [-0.2, -0.15) is 0 Å². The van der Waals surface area contributed by atoms with Crippen molar-refractivity contribution in [1.82, 2.24) is 0 Å². The summed E-state index contributed by atoms with van der Waals surface area (Å²) in [6.07, 6.45) is 1.60. The van der Waals surface area contributed by atoms with Gasteiger partial charge in [0.2, 0.25) is 5.55 Å². The molecule has 7 heteroatoms. The molecule has 0 bridgehead atoms. The normalized spacial score (nSPS) is 13.1. The number of nitrogens with one attached hydrogen (secondary N) is 1. The monoisotopic (exact) mass is 334 g/mol. The number of hydrogen-bond donors (Lipinski definition) is 1. The molecule has 0 atom stereocenters. The summed E-state index contributed by atoms with van der Waals surface area (Å²) >= 11 is 0. The largest absolute Gasteiger partial charge is 0.446 e. The molecule has 0 radical (unpaired) electrons.